The van der Waals surface area contributed by atoms with E-state index in [0.29, 0.717) is 22.7 Å². The van der Waals surface area contributed by atoms with Crippen molar-refractivity contribution in [3.63, 3.8) is 0 Å². The molecule has 0 fully saturated rings. The number of hydrogen-bond donors (Lipinski definition) is 1. The Hall–Kier alpha value is -3.69. The molecular weight excluding hydrogens is 562 g/mol. The molecular formula is C31H36ClN3O5S. The standard InChI is InChI=1S/C31H36ClN3O5S/c1-4-5-18-33-31(38)29(19-24-12-7-6-8-13-24)34(21-26-14-9-10-17-28(26)32)30(37)22-35(41(3,39)40)27-16-11-15-25(20-27)23(2)36/h6-17,20,29H,4-5,18-19,21-22H2,1-3H3,(H,33,38)/t29-/m0/s1. The van der Waals surface area contributed by atoms with Crippen LogP contribution in [0.25, 0.3) is 0 Å². The number of Topliss-reactive ketones (excluding diaryl/α,β-unsaturated/α-hetero) is 1. The lowest BCUT2D eigenvalue weighted by atomic mass is 10.0. The number of benzene rings is 3. The Kier molecular flexibility index (Phi) is 11.5. The predicted octanol–water partition coefficient (Wildman–Crippen LogP) is 4.87. The molecule has 0 saturated carbocycles. The van der Waals surface area contributed by atoms with Gasteiger partial charge in [-0.2, -0.15) is 0 Å². The van der Waals surface area contributed by atoms with E-state index in [4.69, 9.17) is 11.6 Å². The van der Waals surface area contributed by atoms with Crippen LogP contribution >= 0.6 is 11.6 Å². The van der Waals surface area contributed by atoms with Crippen LogP contribution in [0.1, 0.15) is 48.2 Å². The molecule has 3 aromatic rings. The average Bonchev–Trinajstić information content (AvgIpc) is 2.94. The number of anilines is 1. The summed E-state index contributed by atoms with van der Waals surface area (Å²) < 4.78 is 26.8. The molecule has 8 nitrogen and oxygen atoms in total. The fraction of sp³-hybridized carbons (Fsp3) is 0.323. The minimum absolute atomic E-state index is 0.0116. The summed E-state index contributed by atoms with van der Waals surface area (Å²) in [5.74, 6) is -1.17. The Balaban J connectivity index is 2.06. The summed E-state index contributed by atoms with van der Waals surface area (Å²) in [5.41, 5.74) is 1.95. The van der Waals surface area contributed by atoms with Gasteiger partial charge in [0, 0.05) is 30.1 Å². The normalized spacial score (nSPS) is 11.9. The molecule has 1 N–H and O–H groups in total. The van der Waals surface area contributed by atoms with Crippen LogP contribution in [0.2, 0.25) is 5.02 Å². The highest BCUT2D eigenvalue weighted by Crippen LogP contribution is 2.23. The van der Waals surface area contributed by atoms with E-state index >= 15 is 0 Å². The maximum atomic E-state index is 14.1. The fourth-order valence-electron chi connectivity index (χ4n) is 4.36. The number of carbonyl (C=O) groups excluding carboxylic acids is 3. The average molecular weight is 598 g/mol. The van der Waals surface area contributed by atoms with Gasteiger partial charge in [0.25, 0.3) is 0 Å². The molecule has 2 amide bonds. The first-order valence-corrected chi connectivity index (χ1v) is 15.7. The number of amides is 2. The summed E-state index contributed by atoms with van der Waals surface area (Å²) in [6.07, 6.45) is 2.87. The Labute approximate surface area is 247 Å². The number of sulfonamides is 1. The van der Waals surface area contributed by atoms with Crippen LogP contribution in [0.4, 0.5) is 5.69 Å². The van der Waals surface area contributed by atoms with E-state index in [0.717, 1.165) is 29.0 Å². The van der Waals surface area contributed by atoms with Crippen molar-refractivity contribution in [2.24, 2.45) is 0 Å². The minimum Gasteiger partial charge on any atom is -0.354 e. The van der Waals surface area contributed by atoms with Crippen LogP contribution in [-0.2, 0) is 32.6 Å². The summed E-state index contributed by atoms with van der Waals surface area (Å²) in [7, 11) is -3.94. The first-order chi connectivity index (χ1) is 19.5. The van der Waals surface area contributed by atoms with Crippen LogP contribution in [0.15, 0.2) is 78.9 Å². The van der Waals surface area contributed by atoms with Crippen molar-refractivity contribution >= 4 is 44.9 Å². The number of nitrogens with one attached hydrogen (secondary N) is 1. The van der Waals surface area contributed by atoms with E-state index < -0.39 is 28.5 Å². The molecule has 3 rings (SSSR count). The number of unbranched alkanes of at least 4 members (excludes halogenated alkanes) is 1. The van der Waals surface area contributed by atoms with Crippen LogP contribution in [0, 0.1) is 0 Å². The van der Waals surface area contributed by atoms with Gasteiger partial charge in [-0.1, -0.05) is 85.6 Å². The summed E-state index contributed by atoms with van der Waals surface area (Å²) in [4.78, 5) is 41.1. The summed E-state index contributed by atoms with van der Waals surface area (Å²) in [5, 5.41) is 3.36. The summed E-state index contributed by atoms with van der Waals surface area (Å²) >= 11 is 6.46. The molecule has 0 heterocycles. The van der Waals surface area contributed by atoms with E-state index in [1.54, 1.807) is 36.4 Å². The molecule has 0 unspecified atom stereocenters. The van der Waals surface area contributed by atoms with Gasteiger partial charge in [-0.25, -0.2) is 8.42 Å². The number of nitrogens with zero attached hydrogens (tertiary/aromatic N) is 2. The molecule has 0 spiro atoms. The summed E-state index contributed by atoms with van der Waals surface area (Å²) in [6.45, 7) is 3.26. The van der Waals surface area contributed by atoms with Crippen molar-refractivity contribution in [1.29, 1.82) is 0 Å². The van der Waals surface area contributed by atoms with Crippen molar-refractivity contribution in [1.82, 2.24) is 10.2 Å². The van der Waals surface area contributed by atoms with Gasteiger partial charge in [-0.3, -0.25) is 18.7 Å². The van der Waals surface area contributed by atoms with Gasteiger partial charge in [-0.05, 0) is 42.7 Å². The molecule has 0 aliphatic carbocycles. The number of rotatable bonds is 14. The van der Waals surface area contributed by atoms with Gasteiger partial charge in [0.15, 0.2) is 5.78 Å². The zero-order chi connectivity index (χ0) is 30.0. The van der Waals surface area contributed by atoms with Crippen LogP contribution in [0.3, 0.4) is 0 Å². The highest BCUT2D eigenvalue weighted by atomic mass is 35.5. The lowest BCUT2D eigenvalue weighted by Crippen LogP contribution is -2.53. The Bertz CT molecular complexity index is 1460. The maximum Gasteiger partial charge on any atom is 0.244 e. The van der Waals surface area contributed by atoms with E-state index in [1.807, 2.05) is 37.3 Å². The largest absolute Gasteiger partial charge is 0.354 e. The highest BCUT2D eigenvalue weighted by molar-refractivity contribution is 7.92. The molecule has 10 heteroatoms. The monoisotopic (exact) mass is 597 g/mol. The van der Waals surface area contributed by atoms with Gasteiger partial charge in [0.05, 0.1) is 11.9 Å². The molecule has 0 aliphatic heterocycles. The smallest absolute Gasteiger partial charge is 0.244 e. The van der Waals surface area contributed by atoms with E-state index in [9.17, 15) is 22.8 Å². The van der Waals surface area contributed by atoms with Gasteiger partial charge in [0.1, 0.15) is 12.6 Å². The topological polar surface area (TPSA) is 104 Å². The van der Waals surface area contributed by atoms with Gasteiger partial charge in [0.2, 0.25) is 21.8 Å². The molecule has 218 valence electrons. The number of carbonyl (C=O) groups is 3. The first-order valence-electron chi connectivity index (χ1n) is 13.4. The minimum atomic E-state index is -3.94. The summed E-state index contributed by atoms with van der Waals surface area (Å²) in [6, 6.07) is 21.5. The van der Waals surface area contributed by atoms with Crippen LogP contribution in [0.5, 0.6) is 0 Å². The second kappa shape index (κ2) is 14.8. The third kappa shape index (κ3) is 9.16. The van der Waals surface area contributed by atoms with Crippen molar-refractivity contribution in [2.45, 2.75) is 45.7 Å². The zero-order valence-electron chi connectivity index (χ0n) is 23.5. The molecule has 41 heavy (non-hydrogen) atoms. The molecule has 0 aliphatic rings. The molecule has 1 atom stereocenters. The Morgan fingerprint density at radius 2 is 1.63 bits per heavy atom. The van der Waals surface area contributed by atoms with Gasteiger partial charge < -0.3 is 10.2 Å². The predicted molar refractivity (Wildman–Crippen MR) is 162 cm³/mol. The lowest BCUT2D eigenvalue weighted by Gasteiger charge is -2.33. The van der Waals surface area contributed by atoms with E-state index in [-0.39, 0.29) is 30.3 Å². The van der Waals surface area contributed by atoms with Gasteiger partial charge >= 0.3 is 0 Å². The fourth-order valence-corrected chi connectivity index (χ4v) is 5.40. The SMILES string of the molecule is CCCCNC(=O)[C@H](Cc1ccccc1)N(Cc1ccccc1Cl)C(=O)CN(c1cccc(C(C)=O)c1)S(C)(=O)=O. The Morgan fingerprint density at radius 3 is 2.27 bits per heavy atom. The second-order valence-corrected chi connectivity index (χ2v) is 12.2. The zero-order valence-corrected chi connectivity index (χ0v) is 25.1. The first kappa shape index (κ1) is 31.8. The van der Waals surface area contributed by atoms with E-state index in [1.165, 1.54) is 24.0 Å². The quantitative estimate of drug-likeness (QED) is 0.211. The Morgan fingerprint density at radius 1 is 0.951 bits per heavy atom. The third-order valence-electron chi connectivity index (χ3n) is 6.62. The van der Waals surface area contributed by atoms with Crippen molar-refractivity contribution in [3.8, 4) is 0 Å². The van der Waals surface area contributed by atoms with Crippen molar-refractivity contribution in [3.05, 3.63) is 101 Å². The molecule has 0 aromatic heterocycles. The van der Waals surface area contributed by atoms with Crippen LogP contribution in [-0.4, -0.2) is 56.3 Å². The molecule has 0 radical (unpaired) electrons. The number of halogens is 1. The second-order valence-electron chi connectivity index (χ2n) is 9.84. The van der Waals surface area contributed by atoms with E-state index in [2.05, 4.69) is 5.32 Å². The third-order valence-corrected chi connectivity index (χ3v) is 8.13. The lowest BCUT2D eigenvalue weighted by molar-refractivity contribution is -0.140. The number of ketones is 1. The van der Waals surface area contributed by atoms with Gasteiger partial charge in [-0.15, -0.1) is 0 Å². The molecule has 0 bridgehead atoms. The van der Waals surface area contributed by atoms with Crippen molar-refractivity contribution < 1.29 is 22.8 Å². The van der Waals surface area contributed by atoms with Crippen molar-refractivity contribution in [2.75, 3.05) is 23.7 Å². The highest BCUT2D eigenvalue weighted by Gasteiger charge is 2.33. The number of hydrogen-bond acceptors (Lipinski definition) is 5. The van der Waals surface area contributed by atoms with Crippen LogP contribution < -0.4 is 9.62 Å². The maximum absolute atomic E-state index is 14.1. The molecule has 0 saturated heterocycles. The molecule has 3 aromatic carbocycles.